The SMILES string of the molecule is CN(C(=O)N(C)c1ccc(-c2cnc3[nH]c4ccc(CS(=O)(=O)c5ccccc5)cc4c3c2-c2ccccc2)cc1)c1ccccc1. The van der Waals surface area contributed by atoms with Crippen LogP contribution < -0.4 is 9.80 Å². The monoisotopic (exact) mass is 636 g/mol. The van der Waals surface area contributed by atoms with Crippen LogP contribution in [0.15, 0.2) is 145 Å². The number of hydrogen-bond donors (Lipinski definition) is 1. The van der Waals surface area contributed by atoms with E-state index in [0.717, 1.165) is 55.6 Å². The number of hydrogen-bond acceptors (Lipinski definition) is 4. The third-order valence-corrected chi connectivity index (χ3v) is 10.2. The van der Waals surface area contributed by atoms with E-state index in [4.69, 9.17) is 4.98 Å². The molecule has 0 bridgehead atoms. The lowest BCUT2D eigenvalue weighted by Gasteiger charge is -2.25. The highest BCUT2D eigenvalue weighted by Gasteiger charge is 2.21. The number of rotatable bonds is 7. The van der Waals surface area contributed by atoms with Gasteiger partial charge in [-0.2, -0.15) is 0 Å². The fraction of sp³-hybridized carbons (Fsp3) is 0.0769. The van der Waals surface area contributed by atoms with Gasteiger partial charge in [-0.15, -0.1) is 0 Å². The number of nitrogens with zero attached hydrogens (tertiary/aromatic N) is 3. The number of sulfone groups is 1. The summed E-state index contributed by atoms with van der Waals surface area (Å²) in [6.45, 7) is 0. The quantitative estimate of drug-likeness (QED) is 0.190. The Morgan fingerprint density at radius 2 is 1.30 bits per heavy atom. The number of benzene rings is 5. The van der Waals surface area contributed by atoms with Crippen molar-refractivity contribution in [3.8, 4) is 22.3 Å². The summed E-state index contributed by atoms with van der Waals surface area (Å²) in [4.78, 5) is 25.1. The van der Waals surface area contributed by atoms with E-state index in [1.807, 2.05) is 103 Å². The summed E-state index contributed by atoms with van der Waals surface area (Å²) < 4.78 is 26.5. The minimum atomic E-state index is -3.53. The second kappa shape index (κ2) is 12.2. The zero-order chi connectivity index (χ0) is 32.5. The average molecular weight is 637 g/mol. The van der Waals surface area contributed by atoms with Crippen molar-refractivity contribution < 1.29 is 13.2 Å². The highest BCUT2D eigenvalue weighted by atomic mass is 32.2. The zero-order valence-corrected chi connectivity index (χ0v) is 26.8. The Labute approximate surface area is 273 Å². The number of urea groups is 1. The first-order valence-electron chi connectivity index (χ1n) is 15.2. The van der Waals surface area contributed by atoms with Crippen LogP contribution in [0.4, 0.5) is 16.2 Å². The molecular formula is C39H32N4O3S. The van der Waals surface area contributed by atoms with Gasteiger partial charge in [-0.25, -0.2) is 18.2 Å². The molecule has 0 aliphatic rings. The van der Waals surface area contributed by atoms with E-state index >= 15 is 0 Å². The maximum atomic E-state index is 13.3. The largest absolute Gasteiger partial charge is 0.339 e. The summed E-state index contributed by atoms with van der Waals surface area (Å²) in [6.07, 6.45) is 1.87. The Morgan fingerprint density at radius 3 is 1.96 bits per heavy atom. The number of aromatic amines is 1. The van der Waals surface area contributed by atoms with Crippen LogP contribution in [-0.2, 0) is 15.6 Å². The Bertz CT molecular complexity index is 2320. The number of aromatic nitrogens is 2. The first-order chi connectivity index (χ1) is 22.8. The Morgan fingerprint density at radius 1 is 0.702 bits per heavy atom. The van der Waals surface area contributed by atoms with Crippen molar-refractivity contribution in [1.82, 2.24) is 9.97 Å². The second-order valence-electron chi connectivity index (χ2n) is 11.5. The van der Waals surface area contributed by atoms with Gasteiger partial charge < -0.3 is 4.98 Å². The molecule has 0 aliphatic heterocycles. The number of pyridine rings is 1. The number of carbonyl (C=O) groups excluding carboxylic acids is 1. The fourth-order valence-electron chi connectivity index (χ4n) is 6.01. The molecule has 7 nitrogen and oxygen atoms in total. The average Bonchev–Trinajstić information content (AvgIpc) is 3.49. The van der Waals surface area contributed by atoms with Crippen LogP contribution in [0.5, 0.6) is 0 Å². The van der Waals surface area contributed by atoms with E-state index in [1.54, 1.807) is 48.2 Å². The molecule has 2 heterocycles. The molecule has 47 heavy (non-hydrogen) atoms. The Balaban J connectivity index is 1.30. The number of anilines is 2. The molecule has 0 aliphatic carbocycles. The lowest BCUT2D eigenvalue weighted by atomic mass is 9.92. The van der Waals surface area contributed by atoms with Crippen molar-refractivity contribution in [2.45, 2.75) is 10.6 Å². The van der Waals surface area contributed by atoms with Gasteiger partial charge in [0.25, 0.3) is 0 Å². The summed E-state index contributed by atoms with van der Waals surface area (Å²) >= 11 is 0. The Kier molecular flexibility index (Phi) is 7.79. The van der Waals surface area contributed by atoms with Crippen LogP contribution in [0.1, 0.15) is 5.56 Å². The smallest absolute Gasteiger partial charge is 0.328 e. The predicted molar refractivity (Wildman–Crippen MR) is 190 cm³/mol. The van der Waals surface area contributed by atoms with Crippen molar-refractivity contribution in [2.75, 3.05) is 23.9 Å². The molecule has 0 saturated carbocycles. The summed E-state index contributed by atoms with van der Waals surface area (Å²) in [6, 6.07) is 41.7. The first kappa shape index (κ1) is 30.0. The van der Waals surface area contributed by atoms with Gasteiger partial charge >= 0.3 is 6.03 Å². The maximum Gasteiger partial charge on any atom is 0.328 e. The van der Waals surface area contributed by atoms with Crippen molar-refractivity contribution in [1.29, 1.82) is 0 Å². The van der Waals surface area contributed by atoms with Crippen LogP contribution in [-0.4, -0.2) is 38.5 Å². The van der Waals surface area contributed by atoms with Gasteiger partial charge in [-0.3, -0.25) is 9.80 Å². The summed E-state index contributed by atoms with van der Waals surface area (Å²) in [5.41, 5.74) is 7.73. The van der Waals surface area contributed by atoms with Gasteiger partial charge in [0, 0.05) is 59.1 Å². The molecule has 0 spiro atoms. The van der Waals surface area contributed by atoms with Crippen molar-refractivity contribution >= 4 is 49.2 Å². The second-order valence-corrected chi connectivity index (χ2v) is 13.5. The van der Waals surface area contributed by atoms with Gasteiger partial charge in [-0.1, -0.05) is 84.9 Å². The van der Waals surface area contributed by atoms with Gasteiger partial charge in [0.15, 0.2) is 9.84 Å². The van der Waals surface area contributed by atoms with Gasteiger partial charge in [0.05, 0.1) is 10.6 Å². The molecule has 2 amide bonds. The van der Waals surface area contributed by atoms with Crippen LogP contribution in [0.3, 0.4) is 0 Å². The third-order valence-electron chi connectivity index (χ3n) is 8.49. The third kappa shape index (κ3) is 5.75. The normalized spacial score (nSPS) is 11.5. The lowest BCUT2D eigenvalue weighted by Crippen LogP contribution is -2.38. The standard InChI is InChI=1S/C39H32N4O3S/c1-42(30-14-8-4-9-15-30)39(44)43(2)31-21-19-28(20-22-31)34-25-40-38-37(36(34)29-12-6-3-7-13-29)33-24-27(18-23-35(33)41-38)26-47(45,46)32-16-10-5-11-17-32/h3-25H,26H2,1-2H3,(H,40,41). The minimum absolute atomic E-state index is 0.111. The molecular weight excluding hydrogens is 605 g/mol. The minimum Gasteiger partial charge on any atom is -0.339 e. The van der Waals surface area contributed by atoms with E-state index in [-0.39, 0.29) is 11.8 Å². The molecule has 0 saturated heterocycles. The predicted octanol–water partition coefficient (Wildman–Crippen LogP) is 8.72. The topological polar surface area (TPSA) is 86.4 Å². The van der Waals surface area contributed by atoms with Crippen molar-refractivity contribution in [3.05, 3.63) is 145 Å². The van der Waals surface area contributed by atoms with Gasteiger partial charge in [0.1, 0.15) is 5.65 Å². The summed E-state index contributed by atoms with van der Waals surface area (Å²) in [7, 11) is 0.00111. The highest BCUT2D eigenvalue weighted by Crippen LogP contribution is 2.41. The van der Waals surface area contributed by atoms with Gasteiger partial charge in [-0.05, 0) is 65.2 Å². The Hall–Kier alpha value is -5.73. The highest BCUT2D eigenvalue weighted by molar-refractivity contribution is 7.90. The van der Waals surface area contributed by atoms with E-state index in [0.29, 0.717) is 10.5 Å². The molecule has 0 fully saturated rings. The van der Waals surface area contributed by atoms with Gasteiger partial charge in [0.2, 0.25) is 0 Å². The number of amides is 2. The summed E-state index contributed by atoms with van der Waals surface area (Å²) in [5.74, 6) is -0.111. The first-order valence-corrected chi connectivity index (χ1v) is 16.9. The van der Waals surface area contributed by atoms with Crippen LogP contribution in [0.2, 0.25) is 0 Å². The number of para-hydroxylation sites is 1. The van der Waals surface area contributed by atoms with E-state index < -0.39 is 9.84 Å². The van der Waals surface area contributed by atoms with E-state index in [2.05, 4.69) is 17.1 Å². The lowest BCUT2D eigenvalue weighted by molar-refractivity contribution is 0.253. The van der Waals surface area contributed by atoms with Crippen LogP contribution >= 0.6 is 0 Å². The molecule has 2 aromatic heterocycles. The molecule has 8 heteroatoms. The number of H-pyrrole nitrogens is 1. The van der Waals surface area contributed by atoms with E-state index in [9.17, 15) is 13.2 Å². The molecule has 0 atom stereocenters. The maximum absolute atomic E-state index is 13.3. The molecule has 0 radical (unpaired) electrons. The molecule has 7 aromatic rings. The number of nitrogens with one attached hydrogen (secondary N) is 1. The molecule has 0 unspecified atom stereocenters. The fourth-order valence-corrected chi connectivity index (χ4v) is 7.37. The number of carbonyl (C=O) groups is 1. The van der Waals surface area contributed by atoms with Crippen molar-refractivity contribution in [3.63, 3.8) is 0 Å². The summed E-state index contributed by atoms with van der Waals surface area (Å²) in [5, 5.41) is 1.82. The van der Waals surface area contributed by atoms with E-state index in [1.165, 1.54) is 0 Å². The molecule has 5 aromatic carbocycles. The molecule has 7 rings (SSSR count). The number of fused-ring (bicyclic) bond motifs is 3. The zero-order valence-electron chi connectivity index (χ0n) is 26.0. The van der Waals surface area contributed by atoms with Crippen molar-refractivity contribution in [2.24, 2.45) is 0 Å². The van der Waals surface area contributed by atoms with Crippen LogP contribution in [0.25, 0.3) is 44.2 Å². The molecule has 232 valence electrons. The molecule has 1 N–H and O–H groups in total. The van der Waals surface area contributed by atoms with Crippen LogP contribution in [0, 0.1) is 0 Å².